The molecule has 36 heavy (non-hydrogen) atoms. The number of aromatic amines is 2. The summed E-state index contributed by atoms with van der Waals surface area (Å²) in [6.45, 7) is 10.6. The molecule has 0 aliphatic carbocycles. The smallest absolute Gasteiger partial charge is 0.224 e. The zero-order valence-corrected chi connectivity index (χ0v) is 22.1. The van der Waals surface area contributed by atoms with Crippen LogP contribution in [0.15, 0.2) is 36.4 Å². The van der Waals surface area contributed by atoms with E-state index >= 15 is 0 Å². The van der Waals surface area contributed by atoms with E-state index in [1.54, 1.807) is 0 Å². The number of H-pyrrole nitrogens is 2. The van der Waals surface area contributed by atoms with Crippen molar-refractivity contribution in [2.24, 2.45) is 0 Å². The maximum atomic E-state index is 12.4. The van der Waals surface area contributed by atoms with Crippen LogP contribution in [0.4, 0.5) is 11.4 Å². The molecule has 4 aromatic rings. The summed E-state index contributed by atoms with van der Waals surface area (Å²) in [5.41, 5.74) is 8.13. The minimum atomic E-state index is 0.0474. The molecular weight excluding hydrogens is 448 g/mol. The number of benzene rings is 2. The highest BCUT2D eigenvalue weighted by Crippen LogP contribution is 2.38. The molecule has 0 saturated heterocycles. The van der Waals surface area contributed by atoms with Crippen molar-refractivity contribution in [3.05, 3.63) is 58.9 Å². The fourth-order valence-corrected chi connectivity index (χ4v) is 5.06. The molecule has 4 N–H and O–H groups in total. The number of nitrogens with one attached hydrogen (secondary N) is 4. The highest BCUT2D eigenvalue weighted by Gasteiger charge is 2.22. The second-order valence-electron chi connectivity index (χ2n) is 9.81. The van der Waals surface area contributed by atoms with Crippen molar-refractivity contribution in [1.82, 2.24) is 9.97 Å². The number of amides is 2. The number of carbonyl (C=O) groups is 2. The van der Waals surface area contributed by atoms with Crippen molar-refractivity contribution < 1.29 is 9.59 Å². The Morgan fingerprint density at radius 2 is 1.17 bits per heavy atom. The van der Waals surface area contributed by atoms with Gasteiger partial charge in [-0.15, -0.1) is 0 Å². The molecule has 0 radical (unpaired) electrons. The number of para-hydroxylation sites is 2. The SMILES string of the molecule is CCCCC(=O)Nc1cccc2c(C)c(C(C)c3[nH]c4c(NC(=O)CCCC)cccc4c3C)[nH]c12. The molecule has 2 heterocycles. The van der Waals surface area contributed by atoms with Crippen LogP contribution in [0.5, 0.6) is 0 Å². The van der Waals surface area contributed by atoms with Gasteiger partial charge in [-0.05, 0) is 49.9 Å². The molecule has 0 saturated carbocycles. The quantitative estimate of drug-likeness (QED) is 0.185. The van der Waals surface area contributed by atoms with E-state index < -0.39 is 0 Å². The van der Waals surface area contributed by atoms with Crippen LogP contribution in [0.1, 0.15) is 87.7 Å². The second kappa shape index (κ2) is 11.0. The minimum absolute atomic E-state index is 0.0474. The molecule has 0 aliphatic rings. The van der Waals surface area contributed by atoms with Crippen molar-refractivity contribution in [3.8, 4) is 0 Å². The molecule has 0 bridgehead atoms. The number of carbonyl (C=O) groups excluding carboxylic acids is 2. The summed E-state index contributed by atoms with van der Waals surface area (Å²) in [5.74, 6) is 0.162. The van der Waals surface area contributed by atoms with E-state index in [-0.39, 0.29) is 17.7 Å². The van der Waals surface area contributed by atoms with E-state index in [0.29, 0.717) is 12.8 Å². The van der Waals surface area contributed by atoms with Gasteiger partial charge in [0.1, 0.15) is 0 Å². The highest BCUT2D eigenvalue weighted by molar-refractivity contribution is 6.03. The molecule has 0 aliphatic heterocycles. The minimum Gasteiger partial charge on any atom is -0.356 e. The van der Waals surface area contributed by atoms with E-state index in [2.05, 4.69) is 67.4 Å². The lowest BCUT2D eigenvalue weighted by atomic mass is 9.96. The molecule has 2 amide bonds. The Morgan fingerprint density at radius 3 is 1.56 bits per heavy atom. The van der Waals surface area contributed by atoms with E-state index in [9.17, 15) is 9.59 Å². The number of fused-ring (bicyclic) bond motifs is 2. The molecule has 6 heteroatoms. The van der Waals surface area contributed by atoms with Crippen molar-refractivity contribution in [2.75, 3.05) is 10.6 Å². The maximum Gasteiger partial charge on any atom is 0.224 e. The van der Waals surface area contributed by atoms with Crippen LogP contribution >= 0.6 is 0 Å². The summed E-state index contributed by atoms with van der Waals surface area (Å²) in [7, 11) is 0. The molecule has 2 aromatic carbocycles. The number of anilines is 2. The van der Waals surface area contributed by atoms with E-state index in [1.165, 1.54) is 11.1 Å². The van der Waals surface area contributed by atoms with Gasteiger partial charge < -0.3 is 20.6 Å². The summed E-state index contributed by atoms with van der Waals surface area (Å²) in [4.78, 5) is 32.1. The molecule has 190 valence electrons. The first-order chi connectivity index (χ1) is 17.3. The van der Waals surface area contributed by atoms with Crippen LogP contribution in [0.25, 0.3) is 21.8 Å². The Labute approximate surface area is 213 Å². The van der Waals surface area contributed by atoms with Gasteiger partial charge in [0.25, 0.3) is 0 Å². The number of rotatable bonds is 10. The highest BCUT2D eigenvalue weighted by atomic mass is 16.2. The lowest BCUT2D eigenvalue weighted by Gasteiger charge is -2.11. The molecule has 6 nitrogen and oxygen atoms in total. The first kappa shape index (κ1) is 25.5. The summed E-state index contributed by atoms with van der Waals surface area (Å²) in [5, 5.41) is 8.41. The number of aromatic nitrogens is 2. The number of unbranched alkanes of at least 4 members (excludes halogenated alkanes) is 2. The molecule has 0 atom stereocenters. The van der Waals surface area contributed by atoms with Crippen LogP contribution in [-0.4, -0.2) is 21.8 Å². The third-order valence-corrected chi connectivity index (χ3v) is 7.19. The van der Waals surface area contributed by atoms with Gasteiger partial charge in [0.15, 0.2) is 0 Å². The molecule has 4 rings (SSSR count). The summed E-state index contributed by atoms with van der Waals surface area (Å²) in [6, 6.07) is 12.1. The van der Waals surface area contributed by atoms with E-state index in [1.807, 2.05) is 24.3 Å². The third kappa shape index (κ3) is 5.03. The zero-order chi connectivity index (χ0) is 25.8. The fourth-order valence-electron chi connectivity index (χ4n) is 5.06. The van der Waals surface area contributed by atoms with Crippen LogP contribution < -0.4 is 10.6 Å². The summed E-state index contributed by atoms with van der Waals surface area (Å²) < 4.78 is 0. The van der Waals surface area contributed by atoms with Gasteiger partial charge in [-0.25, -0.2) is 0 Å². The maximum absolute atomic E-state index is 12.4. The van der Waals surface area contributed by atoms with Crippen LogP contribution in [0, 0.1) is 13.8 Å². The Morgan fingerprint density at radius 1 is 0.750 bits per heavy atom. The predicted octanol–water partition coefficient (Wildman–Crippen LogP) is 7.68. The molecular formula is C30H38N4O2. The number of hydrogen-bond acceptors (Lipinski definition) is 2. The number of aryl methyl sites for hydroxylation is 2. The average molecular weight is 487 g/mol. The van der Waals surface area contributed by atoms with Gasteiger partial charge in [-0.3, -0.25) is 9.59 Å². The first-order valence-corrected chi connectivity index (χ1v) is 13.2. The lowest BCUT2D eigenvalue weighted by Crippen LogP contribution is -2.11. The largest absolute Gasteiger partial charge is 0.356 e. The Hall–Kier alpha value is -3.54. The molecule has 2 aromatic heterocycles. The zero-order valence-electron chi connectivity index (χ0n) is 22.1. The topological polar surface area (TPSA) is 89.8 Å². The standard InChI is InChI=1S/C30H38N4O2/c1-6-8-16-25(35)31-23-14-10-12-21-18(3)27(33-29(21)23)20(5)28-19(4)22-13-11-15-24(30(22)34-28)32-26(36)17-9-7-2/h10-15,20,33-34H,6-9,16-17H2,1-5H3,(H,31,35)(H,32,36). The monoisotopic (exact) mass is 486 g/mol. The molecule has 0 spiro atoms. The number of hydrogen-bond donors (Lipinski definition) is 4. The van der Waals surface area contributed by atoms with Gasteiger partial charge in [-0.1, -0.05) is 57.9 Å². The fraction of sp³-hybridized carbons (Fsp3) is 0.400. The first-order valence-electron chi connectivity index (χ1n) is 13.2. The summed E-state index contributed by atoms with van der Waals surface area (Å²) >= 11 is 0. The van der Waals surface area contributed by atoms with Crippen LogP contribution in [0.3, 0.4) is 0 Å². The van der Waals surface area contributed by atoms with Crippen molar-refractivity contribution >= 4 is 45.0 Å². The second-order valence-corrected chi connectivity index (χ2v) is 9.81. The Bertz CT molecular complexity index is 1290. The Kier molecular flexibility index (Phi) is 7.82. The van der Waals surface area contributed by atoms with Crippen molar-refractivity contribution in [2.45, 2.75) is 79.1 Å². The summed E-state index contributed by atoms with van der Waals surface area (Å²) in [6.07, 6.45) is 4.82. The molecule has 0 unspecified atom stereocenters. The van der Waals surface area contributed by atoms with Gasteiger partial charge in [-0.2, -0.15) is 0 Å². The van der Waals surface area contributed by atoms with E-state index in [0.717, 1.165) is 70.3 Å². The Balaban J connectivity index is 1.69. The normalized spacial score (nSPS) is 11.5. The van der Waals surface area contributed by atoms with Gasteiger partial charge in [0.05, 0.1) is 22.4 Å². The molecule has 0 fully saturated rings. The van der Waals surface area contributed by atoms with Crippen molar-refractivity contribution in [1.29, 1.82) is 0 Å². The average Bonchev–Trinajstić information content (AvgIpc) is 3.39. The van der Waals surface area contributed by atoms with Crippen LogP contribution in [-0.2, 0) is 9.59 Å². The van der Waals surface area contributed by atoms with Gasteiger partial charge >= 0.3 is 0 Å². The third-order valence-electron chi connectivity index (χ3n) is 7.19. The van der Waals surface area contributed by atoms with Crippen molar-refractivity contribution in [3.63, 3.8) is 0 Å². The van der Waals surface area contributed by atoms with Crippen LogP contribution in [0.2, 0.25) is 0 Å². The van der Waals surface area contributed by atoms with E-state index in [4.69, 9.17) is 0 Å². The van der Waals surface area contributed by atoms with Gasteiger partial charge in [0.2, 0.25) is 11.8 Å². The van der Waals surface area contributed by atoms with Gasteiger partial charge in [0, 0.05) is 40.9 Å². The predicted molar refractivity (Wildman–Crippen MR) is 150 cm³/mol. The lowest BCUT2D eigenvalue weighted by molar-refractivity contribution is -0.117.